The van der Waals surface area contributed by atoms with Crippen molar-refractivity contribution in [2.45, 2.75) is 108 Å². The van der Waals surface area contributed by atoms with Crippen LogP contribution in [-0.4, -0.2) is 62.2 Å². The topological polar surface area (TPSA) is 6.02 Å². The first-order valence-electron chi connectivity index (χ1n) is 18.1. The predicted octanol–water partition coefficient (Wildman–Crippen LogP) is 5.89. The fraction of sp³-hybridized carbons (Fsp3) is 0.659. The average molecular weight is 1010 g/mol. The van der Waals surface area contributed by atoms with Crippen molar-refractivity contribution in [2.24, 2.45) is 22.7 Å². The SMILES string of the molecule is C[N+]1=C2SCC[C@@H](C(C)(C)C)C[C@]2(c2ccccc2)CCC1.C[N+]1=C2SCC[C@H](C(C)(C)C)C[C@@]2(c2ccccc2)CCC1.ClC(Cl)Cl.[I-].[I-]. The molecule has 50 heavy (non-hydrogen) atoms. The normalized spacial score (nSPS) is 27.0. The summed E-state index contributed by atoms with van der Waals surface area (Å²) in [6, 6.07) is 22.6. The molecule has 4 heterocycles. The van der Waals surface area contributed by atoms with Gasteiger partial charge in [-0.15, -0.1) is 0 Å². The van der Waals surface area contributed by atoms with Gasteiger partial charge in [-0.2, -0.15) is 0 Å². The van der Waals surface area contributed by atoms with Crippen LogP contribution in [0, 0.1) is 22.7 Å². The quantitative estimate of drug-likeness (QED) is 0.211. The Labute approximate surface area is 363 Å². The zero-order chi connectivity index (χ0) is 35.2. The zero-order valence-electron chi connectivity index (χ0n) is 31.6. The van der Waals surface area contributed by atoms with E-state index in [1.165, 1.54) is 76.0 Å². The molecule has 2 saturated heterocycles. The highest BCUT2D eigenvalue weighted by Crippen LogP contribution is 2.51. The first-order valence-corrected chi connectivity index (χ1v) is 21.3. The third-order valence-corrected chi connectivity index (χ3v) is 14.2. The molecule has 0 unspecified atom stereocenters. The fourth-order valence-corrected chi connectivity index (χ4v) is 11.6. The summed E-state index contributed by atoms with van der Waals surface area (Å²) in [5, 5.41) is 3.27. The lowest BCUT2D eigenvalue weighted by Gasteiger charge is -2.40. The molecule has 0 saturated carbocycles. The summed E-state index contributed by atoms with van der Waals surface area (Å²) in [7, 11) is 4.60. The minimum atomic E-state index is -0.750. The largest absolute Gasteiger partial charge is 1.00 e. The lowest BCUT2D eigenvalue weighted by molar-refractivity contribution is -0.503. The second-order valence-corrected chi connectivity index (χ2v) is 20.8. The van der Waals surface area contributed by atoms with Crippen molar-refractivity contribution >= 4 is 68.4 Å². The van der Waals surface area contributed by atoms with Crippen LogP contribution in [0.15, 0.2) is 60.7 Å². The van der Waals surface area contributed by atoms with Gasteiger partial charge < -0.3 is 48.0 Å². The van der Waals surface area contributed by atoms with E-state index in [1.807, 2.05) is 0 Å². The molecule has 2 nitrogen and oxygen atoms in total. The smallest absolute Gasteiger partial charge is 0.221 e. The summed E-state index contributed by atoms with van der Waals surface area (Å²) in [4.78, 5) is 0. The van der Waals surface area contributed by atoms with E-state index in [0.29, 0.717) is 10.8 Å². The molecule has 9 heteroatoms. The molecular formula is C41H61Cl3I2N2S2. The summed E-state index contributed by atoms with van der Waals surface area (Å²) in [6.45, 7) is 17.0. The third kappa shape index (κ3) is 11.9. The van der Waals surface area contributed by atoms with Gasteiger partial charge in [-0.25, -0.2) is 9.15 Å². The number of thioether (sulfide) groups is 2. The maximum absolute atomic E-state index is 4.81. The van der Waals surface area contributed by atoms with Crippen LogP contribution in [-0.2, 0) is 10.8 Å². The van der Waals surface area contributed by atoms with E-state index in [4.69, 9.17) is 34.8 Å². The Morgan fingerprint density at radius 2 is 0.940 bits per heavy atom. The number of benzene rings is 2. The molecule has 6 rings (SSSR count). The van der Waals surface area contributed by atoms with E-state index in [1.54, 1.807) is 21.2 Å². The summed E-state index contributed by atoms with van der Waals surface area (Å²) in [5.74, 6) is 4.14. The van der Waals surface area contributed by atoms with Crippen LogP contribution >= 0.6 is 58.3 Å². The van der Waals surface area contributed by atoms with Crippen molar-refractivity contribution in [2.75, 3.05) is 38.7 Å². The lowest BCUT2D eigenvalue weighted by Crippen LogP contribution is -3.00. The Bertz CT molecular complexity index is 1290. The minimum absolute atomic E-state index is 0. The molecule has 2 aromatic rings. The van der Waals surface area contributed by atoms with Gasteiger partial charge >= 0.3 is 0 Å². The number of hydrogen-bond donors (Lipinski definition) is 0. The molecule has 0 spiro atoms. The first-order chi connectivity index (χ1) is 22.6. The molecule has 2 aromatic carbocycles. The van der Waals surface area contributed by atoms with Crippen LogP contribution in [0.2, 0.25) is 0 Å². The average Bonchev–Trinajstić information content (AvgIpc) is 3.38. The van der Waals surface area contributed by atoms with Crippen LogP contribution in [0.4, 0.5) is 0 Å². The van der Waals surface area contributed by atoms with E-state index in [9.17, 15) is 0 Å². The Hall–Kier alpha value is 0.810. The van der Waals surface area contributed by atoms with Crippen molar-refractivity contribution < 1.29 is 57.1 Å². The molecular weight excluding hydrogens is 945 g/mol. The summed E-state index contributed by atoms with van der Waals surface area (Å²) >= 11 is 18.7. The van der Waals surface area contributed by atoms with E-state index >= 15 is 0 Å². The molecule has 4 atom stereocenters. The maximum Gasteiger partial charge on any atom is 0.221 e. The fourth-order valence-electron chi connectivity index (χ4n) is 8.66. The first kappa shape index (κ1) is 47.0. The lowest BCUT2D eigenvalue weighted by atomic mass is 9.64. The van der Waals surface area contributed by atoms with Gasteiger partial charge in [-0.1, -0.05) is 161 Å². The van der Waals surface area contributed by atoms with Crippen molar-refractivity contribution in [3.63, 3.8) is 0 Å². The van der Waals surface area contributed by atoms with Gasteiger partial charge in [-0.05, 0) is 72.3 Å². The molecule has 0 aromatic heterocycles. The van der Waals surface area contributed by atoms with Crippen LogP contribution in [0.3, 0.4) is 0 Å². The Morgan fingerprint density at radius 1 is 0.620 bits per heavy atom. The van der Waals surface area contributed by atoms with E-state index in [0.717, 1.165) is 11.8 Å². The monoisotopic (exact) mass is 1000 g/mol. The van der Waals surface area contributed by atoms with Crippen LogP contribution in [0.5, 0.6) is 0 Å². The second kappa shape index (κ2) is 20.6. The highest BCUT2D eigenvalue weighted by atomic mass is 127. The maximum atomic E-state index is 4.81. The molecule has 0 N–H and O–H groups in total. The summed E-state index contributed by atoms with van der Waals surface area (Å²) in [5.41, 5.74) is 4.39. The Balaban J connectivity index is 0.000000303. The molecule has 2 fully saturated rings. The highest BCUT2D eigenvalue weighted by molar-refractivity contribution is 8.14. The van der Waals surface area contributed by atoms with Gasteiger partial charge in [0, 0.05) is 24.3 Å². The van der Waals surface area contributed by atoms with Crippen LogP contribution in [0.25, 0.3) is 0 Å². The molecule has 0 amide bonds. The van der Waals surface area contributed by atoms with Crippen LogP contribution < -0.4 is 48.0 Å². The van der Waals surface area contributed by atoms with Gasteiger partial charge in [0.25, 0.3) is 0 Å². The molecule has 4 aliphatic rings. The molecule has 4 aliphatic heterocycles. The number of nitrogens with zero attached hydrogens (tertiary/aromatic N) is 2. The van der Waals surface area contributed by atoms with Crippen LogP contribution in [0.1, 0.15) is 104 Å². The minimum Gasteiger partial charge on any atom is -1.00 e. The van der Waals surface area contributed by atoms with Gasteiger partial charge in [0.1, 0.15) is 27.2 Å². The number of rotatable bonds is 2. The highest BCUT2D eigenvalue weighted by Gasteiger charge is 2.51. The van der Waals surface area contributed by atoms with Crippen molar-refractivity contribution in [1.29, 1.82) is 0 Å². The van der Waals surface area contributed by atoms with Crippen molar-refractivity contribution in [1.82, 2.24) is 0 Å². The van der Waals surface area contributed by atoms with E-state index in [-0.39, 0.29) is 58.8 Å². The molecule has 0 radical (unpaired) electrons. The van der Waals surface area contributed by atoms with Crippen molar-refractivity contribution in [3.05, 3.63) is 71.8 Å². The number of hydrogen-bond acceptors (Lipinski definition) is 2. The summed E-state index contributed by atoms with van der Waals surface area (Å²) in [6.07, 6.45) is 10.6. The predicted molar refractivity (Wildman–Crippen MR) is 217 cm³/mol. The number of fused-ring (bicyclic) bond motifs is 2. The van der Waals surface area contributed by atoms with Gasteiger partial charge in [-0.3, -0.25) is 0 Å². The number of halogens is 5. The third-order valence-electron chi connectivity index (χ3n) is 11.4. The Kier molecular flexibility index (Phi) is 19.4. The van der Waals surface area contributed by atoms with E-state index < -0.39 is 4.30 Å². The zero-order valence-corrected chi connectivity index (χ0v) is 39.8. The van der Waals surface area contributed by atoms with Gasteiger partial charge in [0.2, 0.25) is 10.1 Å². The Morgan fingerprint density at radius 3 is 1.24 bits per heavy atom. The molecule has 282 valence electrons. The second-order valence-electron chi connectivity index (χ2n) is 16.6. The van der Waals surface area contributed by atoms with Gasteiger partial charge in [0.15, 0.2) is 4.30 Å². The molecule has 0 bridgehead atoms. The number of alkyl halides is 3. The van der Waals surface area contributed by atoms with Gasteiger partial charge in [0.05, 0.1) is 10.8 Å². The van der Waals surface area contributed by atoms with Crippen molar-refractivity contribution in [3.8, 4) is 0 Å². The van der Waals surface area contributed by atoms with E-state index in [2.05, 4.69) is 149 Å². The summed E-state index contributed by atoms with van der Waals surface area (Å²) < 4.78 is 4.35. The molecule has 0 aliphatic carbocycles. The standard InChI is InChI=1S/2C20H30NS.CHCl3.2HI/c2*1-19(2,3)17-11-14-22-18-20(15-17,12-8-13-21(18)4)16-9-6-5-7-10-16;2-1(3)4;;/h2*5-7,9-10,17H,8,11-15H2,1-4H3;1H;2*1H/q2*+1;;;/p-2/t2*17-,20+;;;/m10.../s1.